The van der Waals surface area contributed by atoms with Crippen LogP contribution in [0.5, 0.6) is 0 Å². The predicted molar refractivity (Wildman–Crippen MR) is 105 cm³/mol. The Balaban J connectivity index is 1.44. The number of ether oxygens (including phenoxy) is 2. The lowest BCUT2D eigenvalue weighted by Gasteiger charge is -2.39. The Labute approximate surface area is 167 Å². The number of hydrogen-bond acceptors (Lipinski definition) is 7. The van der Waals surface area contributed by atoms with E-state index in [-0.39, 0.29) is 30.3 Å². The van der Waals surface area contributed by atoms with Crippen LogP contribution in [0, 0.1) is 0 Å². The minimum Gasteiger partial charge on any atom is -0.444 e. The average Bonchev–Trinajstić information content (AvgIpc) is 3.24. The number of carbonyl (C=O) groups is 2. The van der Waals surface area contributed by atoms with Crippen LogP contribution < -0.4 is 5.32 Å². The Bertz CT molecular complexity index is 630. The Morgan fingerprint density at radius 2 is 2.04 bits per heavy atom. The van der Waals surface area contributed by atoms with Crippen molar-refractivity contribution < 1.29 is 19.1 Å². The number of nitrogens with zero attached hydrogens (tertiary/aromatic N) is 4. The number of amides is 2. The van der Waals surface area contributed by atoms with Gasteiger partial charge in [-0.15, -0.1) is 0 Å². The molecule has 0 spiro atoms. The Hall–Kier alpha value is -2.03. The zero-order chi connectivity index (χ0) is 20.5. The van der Waals surface area contributed by atoms with Crippen molar-refractivity contribution in [2.75, 3.05) is 46.8 Å². The van der Waals surface area contributed by atoms with Crippen molar-refractivity contribution in [2.45, 2.75) is 57.5 Å². The average molecular weight is 396 g/mol. The summed E-state index contributed by atoms with van der Waals surface area (Å²) in [6, 6.07) is 0.177. The molecular weight excluding hydrogens is 362 g/mol. The zero-order valence-corrected chi connectivity index (χ0v) is 17.6. The highest BCUT2D eigenvalue weighted by molar-refractivity contribution is 5.83. The summed E-state index contributed by atoms with van der Waals surface area (Å²) >= 11 is 0. The van der Waals surface area contributed by atoms with Gasteiger partial charge in [0.25, 0.3) is 5.91 Å². The van der Waals surface area contributed by atoms with E-state index in [0.717, 1.165) is 25.3 Å². The van der Waals surface area contributed by atoms with Crippen molar-refractivity contribution in [1.82, 2.24) is 20.0 Å². The van der Waals surface area contributed by atoms with Crippen LogP contribution >= 0.6 is 0 Å². The second-order valence-electron chi connectivity index (χ2n) is 8.88. The predicted octanol–water partition coefficient (Wildman–Crippen LogP) is 0.503. The van der Waals surface area contributed by atoms with Gasteiger partial charge in [-0.05, 0) is 33.6 Å². The highest BCUT2D eigenvalue weighted by atomic mass is 16.6. The fraction of sp³-hybridized carbons (Fsp3) is 0.842. The molecule has 3 rings (SSSR count). The first-order valence-corrected chi connectivity index (χ1v) is 10.0. The molecular formula is C19H33N5O4. The minimum atomic E-state index is -0.486. The number of guanidine groups is 1. The van der Waals surface area contributed by atoms with E-state index in [9.17, 15) is 9.59 Å². The molecule has 0 bridgehead atoms. The smallest absolute Gasteiger partial charge is 0.410 e. The lowest BCUT2D eigenvalue weighted by Crippen LogP contribution is -2.58. The first kappa shape index (κ1) is 20.7. The summed E-state index contributed by atoms with van der Waals surface area (Å²) in [6.07, 6.45) is 1.04. The summed E-state index contributed by atoms with van der Waals surface area (Å²) in [4.78, 5) is 34.5. The quantitative estimate of drug-likeness (QED) is 0.749. The Morgan fingerprint density at radius 3 is 2.71 bits per heavy atom. The van der Waals surface area contributed by atoms with Gasteiger partial charge in [-0.2, -0.15) is 0 Å². The molecule has 0 aliphatic carbocycles. The molecule has 0 radical (unpaired) electrons. The number of likely N-dealkylation sites (N-methyl/N-ethyl adjacent to an activating group) is 1. The van der Waals surface area contributed by atoms with Gasteiger partial charge in [0.1, 0.15) is 11.7 Å². The summed E-state index contributed by atoms with van der Waals surface area (Å²) in [5.41, 5.74) is -0.486. The maximum Gasteiger partial charge on any atom is 0.410 e. The van der Waals surface area contributed by atoms with Gasteiger partial charge in [0.15, 0.2) is 5.96 Å². The highest BCUT2D eigenvalue weighted by Crippen LogP contribution is 2.22. The van der Waals surface area contributed by atoms with Gasteiger partial charge >= 0.3 is 6.09 Å². The molecule has 2 amide bonds. The van der Waals surface area contributed by atoms with Crippen molar-refractivity contribution in [2.24, 2.45) is 4.99 Å². The van der Waals surface area contributed by atoms with E-state index in [4.69, 9.17) is 9.47 Å². The van der Waals surface area contributed by atoms with E-state index in [1.807, 2.05) is 20.8 Å². The summed E-state index contributed by atoms with van der Waals surface area (Å²) in [6.45, 7) is 8.89. The first-order valence-electron chi connectivity index (χ1n) is 10.0. The molecule has 3 aliphatic heterocycles. The van der Waals surface area contributed by atoms with Crippen molar-refractivity contribution in [3.05, 3.63) is 0 Å². The van der Waals surface area contributed by atoms with E-state index >= 15 is 0 Å². The van der Waals surface area contributed by atoms with Crippen molar-refractivity contribution in [3.8, 4) is 0 Å². The van der Waals surface area contributed by atoms with Crippen LogP contribution in [-0.2, 0) is 14.3 Å². The minimum absolute atomic E-state index is 0.0127. The summed E-state index contributed by atoms with van der Waals surface area (Å²) in [5.74, 6) is 0.888. The molecule has 3 heterocycles. The van der Waals surface area contributed by atoms with Crippen LogP contribution in [0.1, 0.15) is 33.6 Å². The molecule has 1 N–H and O–H groups in total. The number of rotatable bonds is 3. The third kappa shape index (κ3) is 4.87. The number of carbonyl (C=O) groups excluding carboxylic acids is 2. The van der Waals surface area contributed by atoms with E-state index in [1.165, 1.54) is 0 Å². The molecule has 3 unspecified atom stereocenters. The standard InChI is InChI=1S/C19H33N5O4/c1-19(2,3)28-18(26)23-8-9-24-13(12-23)10-20-17(24)21-11-14-6-7-15(27-14)16(25)22(4)5/h13-15H,6-12H2,1-5H3,(H,20,21). The van der Waals surface area contributed by atoms with Crippen LogP contribution in [0.2, 0.25) is 0 Å². The summed E-state index contributed by atoms with van der Waals surface area (Å²) in [5, 5.41) is 3.39. The molecule has 0 aromatic carbocycles. The molecule has 158 valence electrons. The van der Waals surface area contributed by atoms with Gasteiger partial charge in [-0.25, -0.2) is 4.79 Å². The van der Waals surface area contributed by atoms with E-state index in [0.29, 0.717) is 26.2 Å². The number of nitrogens with one attached hydrogen (secondary N) is 1. The van der Waals surface area contributed by atoms with Crippen LogP contribution in [-0.4, -0.2) is 103 Å². The maximum absolute atomic E-state index is 12.3. The second-order valence-corrected chi connectivity index (χ2v) is 8.88. The molecule has 0 saturated carbocycles. The van der Waals surface area contributed by atoms with Gasteiger partial charge in [0.2, 0.25) is 0 Å². The Morgan fingerprint density at radius 1 is 1.29 bits per heavy atom. The van der Waals surface area contributed by atoms with Crippen LogP contribution in [0.15, 0.2) is 4.99 Å². The third-order valence-corrected chi connectivity index (χ3v) is 5.17. The molecule has 3 aliphatic rings. The number of piperazine rings is 1. The van der Waals surface area contributed by atoms with Gasteiger partial charge in [0, 0.05) is 40.3 Å². The Kier molecular flexibility index (Phi) is 6.02. The molecule has 0 aromatic rings. The number of aliphatic imine (C=N–C) groups is 1. The zero-order valence-electron chi connectivity index (χ0n) is 17.6. The third-order valence-electron chi connectivity index (χ3n) is 5.17. The lowest BCUT2D eigenvalue weighted by atomic mass is 10.2. The monoisotopic (exact) mass is 395 g/mol. The molecule has 2 fully saturated rings. The normalized spacial score (nSPS) is 27.3. The van der Waals surface area contributed by atoms with Gasteiger partial charge in [0.05, 0.1) is 18.7 Å². The molecule has 9 nitrogen and oxygen atoms in total. The molecule has 28 heavy (non-hydrogen) atoms. The van der Waals surface area contributed by atoms with E-state index < -0.39 is 5.60 Å². The van der Waals surface area contributed by atoms with Crippen LogP contribution in [0.4, 0.5) is 4.79 Å². The lowest BCUT2D eigenvalue weighted by molar-refractivity contribution is -0.140. The molecule has 0 aromatic heterocycles. The summed E-state index contributed by atoms with van der Waals surface area (Å²) < 4.78 is 11.4. The van der Waals surface area contributed by atoms with Crippen molar-refractivity contribution in [3.63, 3.8) is 0 Å². The topological polar surface area (TPSA) is 86.7 Å². The van der Waals surface area contributed by atoms with Gasteiger partial charge in [-0.1, -0.05) is 0 Å². The van der Waals surface area contributed by atoms with Gasteiger partial charge < -0.3 is 29.5 Å². The largest absolute Gasteiger partial charge is 0.444 e. The van der Waals surface area contributed by atoms with Gasteiger partial charge in [-0.3, -0.25) is 9.79 Å². The van der Waals surface area contributed by atoms with E-state index in [2.05, 4.69) is 15.2 Å². The van der Waals surface area contributed by atoms with Crippen LogP contribution in [0.25, 0.3) is 0 Å². The van der Waals surface area contributed by atoms with Crippen molar-refractivity contribution in [1.29, 1.82) is 0 Å². The summed E-state index contributed by atoms with van der Waals surface area (Å²) in [7, 11) is 3.50. The molecule has 3 atom stereocenters. The second kappa shape index (κ2) is 8.14. The maximum atomic E-state index is 12.3. The fourth-order valence-corrected chi connectivity index (χ4v) is 3.75. The highest BCUT2D eigenvalue weighted by Gasteiger charge is 2.37. The molecule has 9 heteroatoms. The van der Waals surface area contributed by atoms with E-state index in [1.54, 1.807) is 23.9 Å². The van der Waals surface area contributed by atoms with Crippen molar-refractivity contribution >= 4 is 18.0 Å². The SMILES string of the molecule is CN(C)C(=O)C1CCC(CNC2=NCC3CN(C(=O)OC(C)(C)C)CCN23)O1. The van der Waals surface area contributed by atoms with Crippen LogP contribution in [0.3, 0.4) is 0 Å². The molecule has 2 saturated heterocycles. The number of fused-ring (bicyclic) bond motifs is 1. The number of hydrogen-bond donors (Lipinski definition) is 1. The fourth-order valence-electron chi connectivity index (χ4n) is 3.75. The first-order chi connectivity index (χ1) is 13.1.